The van der Waals surface area contributed by atoms with Crippen molar-refractivity contribution in [3.8, 4) is 5.75 Å². The molecule has 0 radical (unpaired) electrons. The van der Waals surface area contributed by atoms with Gasteiger partial charge in [0.1, 0.15) is 11.4 Å². The van der Waals surface area contributed by atoms with Crippen LogP contribution in [0.4, 0.5) is 11.4 Å². The van der Waals surface area contributed by atoms with Gasteiger partial charge in [0.2, 0.25) is 0 Å². The lowest BCUT2D eigenvalue weighted by Crippen LogP contribution is -2.32. The minimum absolute atomic E-state index is 0.217. The molecule has 6 heteroatoms. The fourth-order valence-corrected chi connectivity index (χ4v) is 3.49. The number of carbonyl (C=O) groups is 2. The number of hydrogen-bond acceptors (Lipinski definition) is 4. The molecule has 2 amide bonds. The molecule has 0 spiro atoms. The Labute approximate surface area is 179 Å². The smallest absolute Gasteiger partial charge is 0.282 e. The molecule has 3 aromatic rings. The highest BCUT2D eigenvalue weighted by Gasteiger charge is 2.40. The van der Waals surface area contributed by atoms with Crippen LogP contribution in [0, 0.1) is 6.92 Å². The summed E-state index contributed by atoms with van der Waals surface area (Å²) in [5.41, 5.74) is 3.37. The molecule has 1 aliphatic heterocycles. The van der Waals surface area contributed by atoms with Gasteiger partial charge in [-0.05, 0) is 55.0 Å². The van der Waals surface area contributed by atoms with Crippen LogP contribution in [0.25, 0.3) is 5.57 Å². The Morgan fingerprint density at radius 3 is 2.23 bits per heavy atom. The number of nitrogens with one attached hydrogen (secondary N) is 1. The molecule has 0 saturated heterocycles. The average Bonchev–Trinajstić information content (AvgIpc) is 2.99. The number of ether oxygens (including phenoxy) is 1. The molecule has 0 aromatic heterocycles. The number of imide groups is 1. The maximum atomic E-state index is 13.4. The molecule has 3 aromatic carbocycles. The lowest BCUT2D eigenvalue weighted by molar-refractivity contribution is -0.120. The van der Waals surface area contributed by atoms with E-state index in [9.17, 15) is 9.59 Å². The summed E-state index contributed by atoms with van der Waals surface area (Å²) >= 11 is 6.09. The first-order valence-electron chi connectivity index (χ1n) is 9.34. The third-order valence-corrected chi connectivity index (χ3v) is 5.09. The highest BCUT2D eigenvalue weighted by atomic mass is 35.5. The van der Waals surface area contributed by atoms with Crippen LogP contribution in [-0.4, -0.2) is 18.9 Å². The van der Waals surface area contributed by atoms with Crippen LogP contribution in [0.1, 0.15) is 11.1 Å². The summed E-state index contributed by atoms with van der Waals surface area (Å²) in [5.74, 6) is -0.188. The molecule has 5 nitrogen and oxygen atoms in total. The second kappa shape index (κ2) is 8.05. The van der Waals surface area contributed by atoms with E-state index in [0.717, 1.165) is 16.2 Å². The zero-order chi connectivity index (χ0) is 21.3. The van der Waals surface area contributed by atoms with Crippen LogP contribution >= 0.6 is 11.6 Å². The molecule has 1 heterocycles. The van der Waals surface area contributed by atoms with Gasteiger partial charge in [-0.15, -0.1) is 0 Å². The lowest BCUT2D eigenvalue weighted by atomic mass is 10.0. The molecule has 4 rings (SSSR count). The number of methoxy groups -OCH3 is 1. The van der Waals surface area contributed by atoms with Gasteiger partial charge >= 0.3 is 0 Å². The van der Waals surface area contributed by atoms with Crippen molar-refractivity contribution in [3.05, 3.63) is 94.6 Å². The second-order valence-corrected chi connectivity index (χ2v) is 7.33. The molecule has 0 fully saturated rings. The van der Waals surface area contributed by atoms with Crippen LogP contribution in [0.15, 0.2) is 78.5 Å². The summed E-state index contributed by atoms with van der Waals surface area (Å²) in [5, 5.41) is 3.59. The van der Waals surface area contributed by atoms with Crippen molar-refractivity contribution in [3.63, 3.8) is 0 Å². The van der Waals surface area contributed by atoms with Crippen LogP contribution in [0.5, 0.6) is 5.75 Å². The van der Waals surface area contributed by atoms with E-state index in [0.29, 0.717) is 27.6 Å². The molecule has 0 aliphatic carbocycles. The van der Waals surface area contributed by atoms with Crippen LogP contribution < -0.4 is 15.0 Å². The quantitative estimate of drug-likeness (QED) is 0.589. The highest BCUT2D eigenvalue weighted by Crippen LogP contribution is 2.35. The molecule has 150 valence electrons. The molecule has 0 atom stereocenters. The Bertz CT molecular complexity index is 1150. The molecule has 30 heavy (non-hydrogen) atoms. The number of carbonyl (C=O) groups excluding carboxylic acids is 2. The zero-order valence-electron chi connectivity index (χ0n) is 16.5. The van der Waals surface area contributed by atoms with E-state index in [4.69, 9.17) is 16.3 Å². The van der Waals surface area contributed by atoms with Crippen LogP contribution in [0.3, 0.4) is 0 Å². The number of hydrogen-bond donors (Lipinski definition) is 1. The van der Waals surface area contributed by atoms with Gasteiger partial charge in [0, 0.05) is 10.7 Å². The fraction of sp³-hybridized carbons (Fsp3) is 0.0833. The van der Waals surface area contributed by atoms with E-state index in [1.54, 1.807) is 55.6 Å². The van der Waals surface area contributed by atoms with Crippen molar-refractivity contribution in [2.75, 3.05) is 17.3 Å². The van der Waals surface area contributed by atoms with Crippen molar-refractivity contribution in [1.29, 1.82) is 0 Å². The second-order valence-electron chi connectivity index (χ2n) is 6.90. The first-order valence-corrected chi connectivity index (χ1v) is 9.72. The third kappa shape index (κ3) is 3.67. The standard InChI is InChI=1S/C24H19ClN2O3/c1-15-6-10-18(11-7-15)26-22-21(16-8-12-20(30-2)13-9-16)23(28)27(24(22)29)19-5-3-4-17(25)14-19/h3-14,26H,1-2H3. The van der Waals surface area contributed by atoms with Gasteiger partial charge in [0.15, 0.2) is 0 Å². The van der Waals surface area contributed by atoms with Gasteiger partial charge in [-0.1, -0.05) is 47.5 Å². The molecular formula is C24H19ClN2O3. The summed E-state index contributed by atoms with van der Waals surface area (Å²) in [4.78, 5) is 27.8. The van der Waals surface area contributed by atoms with E-state index in [1.165, 1.54) is 0 Å². The van der Waals surface area contributed by atoms with Crippen LogP contribution in [-0.2, 0) is 9.59 Å². The minimum Gasteiger partial charge on any atom is -0.497 e. The number of anilines is 2. The van der Waals surface area contributed by atoms with Gasteiger partial charge < -0.3 is 10.1 Å². The van der Waals surface area contributed by atoms with Crippen molar-refractivity contribution in [2.24, 2.45) is 0 Å². The minimum atomic E-state index is -0.436. The Morgan fingerprint density at radius 1 is 0.900 bits per heavy atom. The SMILES string of the molecule is COc1ccc(C2=C(Nc3ccc(C)cc3)C(=O)N(c3cccc(Cl)c3)C2=O)cc1. The summed E-state index contributed by atoms with van der Waals surface area (Å²) < 4.78 is 5.21. The first-order chi connectivity index (χ1) is 14.5. The van der Waals surface area contributed by atoms with Gasteiger partial charge in [0.05, 0.1) is 18.4 Å². The summed E-state index contributed by atoms with van der Waals surface area (Å²) in [6.07, 6.45) is 0. The Balaban J connectivity index is 1.81. The van der Waals surface area contributed by atoms with Crippen molar-refractivity contribution >= 4 is 40.4 Å². The Morgan fingerprint density at radius 2 is 1.60 bits per heavy atom. The summed E-state index contributed by atoms with van der Waals surface area (Å²) in [7, 11) is 1.57. The largest absolute Gasteiger partial charge is 0.497 e. The molecule has 0 saturated carbocycles. The number of aryl methyl sites for hydroxylation is 1. The first kappa shape index (κ1) is 19.7. The maximum Gasteiger partial charge on any atom is 0.282 e. The van der Waals surface area contributed by atoms with Gasteiger partial charge in [0.25, 0.3) is 11.8 Å². The highest BCUT2D eigenvalue weighted by molar-refractivity contribution is 6.46. The zero-order valence-corrected chi connectivity index (χ0v) is 17.2. The number of amides is 2. The molecule has 1 aliphatic rings. The Kier molecular flexibility index (Phi) is 5.29. The topological polar surface area (TPSA) is 58.6 Å². The maximum absolute atomic E-state index is 13.4. The average molecular weight is 419 g/mol. The fourth-order valence-electron chi connectivity index (χ4n) is 3.30. The van der Waals surface area contributed by atoms with E-state index < -0.39 is 11.8 Å². The monoisotopic (exact) mass is 418 g/mol. The van der Waals surface area contributed by atoms with Crippen molar-refractivity contribution < 1.29 is 14.3 Å². The summed E-state index contributed by atoms with van der Waals surface area (Å²) in [6, 6.07) is 21.3. The van der Waals surface area contributed by atoms with Gasteiger partial charge in [-0.2, -0.15) is 0 Å². The lowest BCUT2D eigenvalue weighted by Gasteiger charge is -2.15. The summed E-state index contributed by atoms with van der Waals surface area (Å²) in [6.45, 7) is 1.98. The van der Waals surface area contributed by atoms with Crippen molar-refractivity contribution in [2.45, 2.75) is 6.92 Å². The normalized spacial score (nSPS) is 13.8. The number of benzene rings is 3. The van der Waals surface area contributed by atoms with E-state index in [-0.39, 0.29) is 5.70 Å². The van der Waals surface area contributed by atoms with E-state index >= 15 is 0 Å². The predicted octanol–water partition coefficient (Wildman–Crippen LogP) is 5.05. The Hall–Kier alpha value is -3.57. The third-order valence-electron chi connectivity index (χ3n) is 4.85. The number of nitrogens with zero attached hydrogens (tertiary/aromatic N) is 1. The molecular weight excluding hydrogens is 400 g/mol. The number of halogens is 1. The van der Waals surface area contributed by atoms with Crippen molar-refractivity contribution in [1.82, 2.24) is 0 Å². The van der Waals surface area contributed by atoms with E-state index in [2.05, 4.69) is 5.32 Å². The number of rotatable bonds is 5. The van der Waals surface area contributed by atoms with Gasteiger partial charge in [-0.3, -0.25) is 9.59 Å². The molecule has 0 unspecified atom stereocenters. The van der Waals surface area contributed by atoms with E-state index in [1.807, 2.05) is 31.2 Å². The predicted molar refractivity (Wildman–Crippen MR) is 119 cm³/mol. The van der Waals surface area contributed by atoms with Gasteiger partial charge in [-0.25, -0.2) is 4.90 Å². The molecule has 0 bridgehead atoms. The molecule has 1 N–H and O–H groups in total. The van der Waals surface area contributed by atoms with Crippen LogP contribution in [0.2, 0.25) is 5.02 Å².